The van der Waals surface area contributed by atoms with Crippen molar-refractivity contribution in [2.45, 2.75) is 20.4 Å². The van der Waals surface area contributed by atoms with E-state index in [9.17, 15) is 14.0 Å². The molecule has 0 unspecified atom stereocenters. The second-order valence-electron chi connectivity index (χ2n) is 8.00. The van der Waals surface area contributed by atoms with Crippen molar-refractivity contribution in [2.24, 2.45) is 0 Å². The van der Waals surface area contributed by atoms with E-state index in [0.717, 1.165) is 54.6 Å². The minimum absolute atomic E-state index is 0.147. The molecule has 2 aromatic carbocycles. The van der Waals surface area contributed by atoms with Crippen LogP contribution in [0.25, 0.3) is 11.3 Å². The van der Waals surface area contributed by atoms with E-state index >= 15 is 0 Å². The van der Waals surface area contributed by atoms with Gasteiger partial charge in [-0.3, -0.25) is 14.2 Å². The van der Waals surface area contributed by atoms with Crippen molar-refractivity contribution in [2.75, 3.05) is 42.9 Å². The number of piperazine rings is 1. The summed E-state index contributed by atoms with van der Waals surface area (Å²) in [6, 6.07) is 11.4. The predicted octanol–water partition coefficient (Wildman–Crippen LogP) is 4.46. The van der Waals surface area contributed by atoms with Crippen LogP contribution in [0.3, 0.4) is 0 Å². The van der Waals surface area contributed by atoms with Gasteiger partial charge in [0.05, 0.1) is 17.1 Å². The van der Waals surface area contributed by atoms with E-state index in [-0.39, 0.29) is 23.1 Å². The summed E-state index contributed by atoms with van der Waals surface area (Å²) >= 11 is 7.30. The number of aryl methyl sites for hydroxylation is 1. The lowest BCUT2D eigenvalue weighted by Crippen LogP contribution is -2.46. The molecule has 0 spiro atoms. The number of thiazole rings is 1. The zero-order chi connectivity index (χ0) is 23.5. The molecular formula is C24H26ClFN4O2S. The quantitative estimate of drug-likeness (QED) is 0.556. The van der Waals surface area contributed by atoms with E-state index in [1.165, 1.54) is 16.7 Å². The van der Waals surface area contributed by atoms with E-state index < -0.39 is 0 Å². The van der Waals surface area contributed by atoms with Crippen LogP contribution in [0.5, 0.6) is 0 Å². The molecule has 0 bridgehead atoms. The standard InChI is InChI=1S/C24H26ClFN4O2S/c1-3-28-10-12-29(13-11-28)21-9-6-18(25)14-20(21)27-22(31)15-30-23(16(2)33-24(30)32)17-4-7-19(26)8-5-17/h4-9,14H,3,10-13,15H2,1-2H3,(H,27,31). The van der Waals surface area contributed by atoms with Crippen LogP contribution in [0, 0.1) is 12.7 Å². The number of nitrogens with zero attached hydrogens (tertiary/aromatic N) is 3. The van der Waals surface area contributed by atoms with Crippen LogP contribution in [0.15, 0.2) is 47.3 Å². The lowest BCUT2D eigenvalue weighted by atomic mass is 10.1. The maximum Gasteiger partial charge on any atom is 0.308 e. The fraction of sp³-hybridized carbons (Fsp3) is 0.333. The van der Waals surface area contributed by atoms with Crippen molar-refractivity contribution >= 4 is 40.2 Å². The second-order valence-corrected chi connectivity index (χ2v) is 9.60. The third-order valence-corrected chi connectivity index (χ3v) is 7.01. The molecule has 174 valence electrons. The largest absolute Gasteiger partial charge is 0.367 e. The van der Waals surface area contributed by atoms with Crippen LogP contribution in [0.1, 0.15) is 11.8 Å². The average Bonchev–Trinajstić information content (AvgIpc) is 3.07. The van der Waals surface area contributed by atoms with E-state index in [1.54, 1.807) is 18.2 Å². The number of halogens is 2. The first-order valence-electron chi connectivity index (χ1n) is 10.9. The Morgan fingerprint density at radius 2 is 1.82 bits per heavy atom. The number of carbonyl (C=O) groups excluding carboxylic acids is 1. The van der Waals surface area contributed by atoms with Gasteiger partial charge in [-0.25, -0.2) is 4.39 Å². The summed E-state index contributed by atoms with van der Waals surface area (Å²) in [6.07, 6.45) is 0. The number of likely N-dealkylation sites (N-methyl/N-ethyl adjacent to an activating group) is 1. The van der Waals surface area contributed by atoms with E-state index in [1.807, 2.05) is 19.1 Å². The fourth-order valence-electron chi connectivity index (χ4n) is 4.15. The Morgan fingerprint density at radius 3 is 2.48 bits per heavy atom. The molecule has 1 N–H and O–H groups in total. The zero-order valence-electron chi connectivity index (χ0n) is 18.6. The van der Waals surface area contributed by atoms with Crippen LogP contribution in [-0.4, -0.2) is 48.1 Å². The van der Waals surface area contributed by atoms with Gasteiger partial charge in [0.25, 0.3) is 0 Å². The highest BCUT2D eigenvalue weighted by Gasteiger charge is 2.21. The predicted molar refractivity (Wildman–Crippen MR) is 133 cm³/mol. The van der Waals surface area contributed by atoms with Gasteiger partial charge >= 0.3 is 4.87 Å². The minimum Gasteiger partial charge on any atom is -0.367 e. The summed E-state index contributed by atoms with van der Waals surface area (Å²) in [4.78, 5) is 30.8. The van der Waals surface area contributed by atoms with Gasteiger partial charge in [0.1, 0.15) is 12.4 Å². The third-order valence-electron chi connectivity index (χ3n) is 5.88. The lowest BCUT2D eigenvalue weighted by molar-refractivity contribution is -0.116. The number of benzene rings is 2. The number of nitrogens with one attached hydrogen (secondary N) is 1. The topological polar surface area (TPSA) is 57.6 Å². The zero-order valence-corrected chi connectivity index (χ0v) is 20.2. The molecule has 0 saturated carbocycles. The molecular weight excluding hydrogens is 463 g/mol. The maximum absolute atomic E-state index is 13.4. The van der Waals surface area contributed by atoms with Crippen molar-refractivity contribution < 1.29 is 9.18 Å². The number of rotatable bonds is 6. The van der Waals surface area contributed by atoms with Crippen LogP contribution in [-0.2, 0) is 11.3 Å². The molecule has 1 aliphatic rings. The molecule has 1 amide bonds. The highest BCUT2D eigenvalue weighted by atomic mass is 35.5. The first-order valence-corrected chi connectivity index (χ1v) is 12.1. The lowest BCUT2D eigenvalue weighted by Gasteiger charge is -2.36. The minimum atomic E-state index is -0.355. The number of hydrogen-bond acceptors (Lipinski definition) is 5. The van der Waals surface area contributed by atoms with Gasteiger partial charge < -0.3 is 15.1 Å². The summed E-state index contributed by atoms with van der Waals surface area (Å²) < 4.78 is 14.8. The van der Waals surface area contributed by atoms with Gasteiger partial charge in [0.2, 0.25) is 5.91 Å². The normalized spacial score (nSPS) is 14.5. The van der Waals surface area contributed by atoms with Crippen molar-refractivity contribution in [1.29, 1.82) is 0 Å². The molecule has 0 aliphatic carbocycles. The van der Waals surface area contributed by atoms with Gasteiger partial charge in [-0.1, -0.05) is 29.9 Å². The molecule has 0 radical (unpaired) electrons. The molecule has 1 fully saturated rings. The van der Waals surface area contributed by atoms with Gasteiger partial charge in [0, 0.05) is 36.1 Å². The molecule has 2 heterocycles. The SMILES string of the molecule is CCN1CCN(c2ccc(Cl)cc2NC(=O)Cn2c(-c3ccc(F)cc3)c(C)sc2=O)CC1. The van der Waals surface area contributed by atoms with Gasteiger partial charge in [-0.05, 0) is 61.5 Å². The Labute approximate surface area is 201 Å². The maximum atomic E-state index is 13.4. The van der Waals surface area contributed by atoms with Crippen LogP contribution < -0.4 is 15.1 Å². The van der Waals surface area contributed by atoms with Crippen LogP contribution in [0.2, 0.25) is 5.02 Å². The molecule has 1 aliphatic heterocycles. The third kappa shape index (κ3) is 5.29. The number of anilines is 2. The smallest absolute Gasteiger partial charge is 0.308 e. The Hall–Kier alpha value is -2.68. The van der Waals surface area contributed by atoms with Crippen molar-refractivity contribution in [3.63, 3.8) is 0 Å². The highest BCUT2D eigenvalue weighted by molar-refractivity contribution is 7.09. The fourth-order valence-corrected chi connectivity index (χ4v) is 5.17. The number of hydrogen-bond donors (Lipinski definition) is 1. The first-order chi connectivity index (χ1) is 15.9. The highest BCUT2D eigenvalue weighted by Crippen LogP contribution is 2.31. The van der Waals surface area contributed by atoms with Crippen molar-refractivity contribution in [3.05, 3.63) is 67.8 Å². The molecule has 3 aromatic rings. The summed E-state index contributed by atoms with van der Waals surface area (Å²) in [5, 5.41) is 3.48. The molecule has 0 atom stereocenters. The summed E-state index contributed by atoms with van der Waals surface area (Å²) in [5.41, 5.74) is 2.86. The number of carbonyl (C=O) groups is 1. The van der Waals surface area contributed by atoms with E-state index in [2.05, 4.69) is 22.0 Å². The Balaban J connectivity index is 1.56. The van der Waals surface area contributed by atoms with Crippen molar-refractivity contribution in [1.82, 2.24) is 9.47 Å². The molecule has 6 nitrogen and oxygen atoms in total. The molecule has 9 heteroatoms. The average molecular weight is 489 g/mol. The molecule has 4 rings (SSSR count). The Morgan fingerprint density at radius 1 is 1.12 bits per heavy atom. The van der Waals surface area contributed by atoms with E-state index in [0.29, 0.717) is 22.0 Å². The number of amides is 1. The van der Waals surface area contributed by atoms with E-state index in [4.69, 9.17) is 11.6 Å². The first kappa shape index (κ1) is 23.5. The molecule has 33 heavy (non-hydrogen) atoms. The summed E-state index contributed by atoms with van der Waals surface area (Å²) in [7, 11) is 0. The Kier molecular flexibility index (Phi) is 7.17. The molecule has 1 aromatic heterocycles. The van der Waals surface area contributed by atoms with Crippen molar-refractivity contribution in [3.8, 4) is 11.3 Å². The monoisotopic (exact) mass is 488 g/mol. The molecule has 1 saturated heterocycles. The van der Waals surface area contributed by atoms with Crippen LogP contribution >= 0.6 is 22.9 Å². The summed E-state index contributed by atoms with van der Waals surface area (Å²) in [5.74, 6) is -0.680. The van der Waals surface area contributed by atoms with Gasteiger partial charge in [0.15, 0.2) is 0 Å². The number of aromatic nitrogens is 1. The van der Waals surface area contributed by atoms with Gasteiger partial charge in [-0.15, -0.1) is 0 Å². The summed E-state index contributed by atoms with van der Waals surface area (Å²) in [6.45, 7) is 8.47. The van der Waals surface area contributed by atoms with Gasteiger partial charge in [-0.2, -0.15) is 0 Å². The second kappa shape index (κ2) is 10.1. The Bertz CT molecular complexity index is 1200. The van der Waals surface area contributed by atoms with Crippen LogP contribution in [0.4, 0.5) is 15.8 Å².